The highest BCUT2D eigenvalue weighted by Crippen LogP contribution is 2.30. The third-order valence-corrected chi connectivity index (χ3v) is 5.58. The summed E-state index contributed by atoms with van der Waals surface area (Å²) >= 11 is 0. The minimum atomic E-state index is -1.18. The van der Waals surface area contributed by atoms with Crippen LogP contribution in [0.25, 0.3) is 5.57 Å². The second kappa shape index (κ2) is 13.6. The number of nitro benzene ring substituents is 1. The molecule has 3 aromatic rings. The zero-order valence-electron chi connectivity index (χ0n) is 20.7. The van der Waals surface area contributed by atoms with E-state index in [2.05, 4.69) is 0 Å². The fourth-order valence-electron chi connectivity index (χ4n) is 3.62. The van der Waals surface area contributed by atoms with Crippen molar-refractivity contribution in [2.75, 3.05) is 11.5 Å². The number of halogens is 1. The fraction of sp³-hybridized carbons (Fsp3) is 0.0714. The Morgan fingerprint density at radius 2 is 1.38 bits per heavy atom. The Hall–Kier alpha value is -4.93. The molecule has 4 rings (SSSR count). The Kier molecular flexibility index (Phi) is 10.5. The van der Waals surface area contributed by atoms with Gasteiger partial charge in [-0.1, -0.05) is 42.5 Å². The highest BCUT2D eigenvalue weighted by atomic mass is 35.5. The number of phenols is 1. The van der Waals surface area contributed by atoms with Gasteiger partial charge in [0.2, 0.25) is 0 Å². The maximum absolute atomic E-state index is 10.5. The van der Waals surface area contributed by atoms with Crippen LogP contribution in [0.15, 0.2) is 96.6 Å². The number of allylic oxidation sites excluding steroid dienone is 5. The molecule has 0 radical (unpaired) electrons. The van der Waals surface area contributed by atoms with E-state index in [1.54, 1.807) is 12.2 Å². The number of rotatable bonds is 6. The van der Waals surface area contributed by atoms with Gasteiger partial charge in [-0.25, -0.2) is 0 Å². The minimum Gasteiger partial charge on any atom is -0.502 e. The molecule has 0 amide bonds. The first-order valence-electron chi connectivity index (χ1n) is 11.4. The Bertz CT molecular complexity index is 1380. The maximum Gasteiger partial charge on any atom is 0.320 e. The number of aliphatic carboxylic acids is 1. The summed E-state index contributed by atoms with van der Waals surface area (Å²) in [6, 6.07) is 18.1. The van der Waals surface area contributed by atoms with Crippen molar-refractivity contribution >= 4 is 46.7 Å². The number of hydrogen-bond acceptors (Lipinski definition) is 8. The number of anilines is 2. The molecular weight excluding hydrogens is 522 g/mol. The molecule has 202 valence electrons. The minimum absolute atomic E-state index is 0. The molecule has 0 aromatic heterocycles. The third kappa shape index (κ3) is 8.29. The average Bonchev–Trinajstić information content (AvgIpc) is 2.89. The van der Waals surface area contributed by atoms with Crippen molar-refractivity contribution in [1.29, 1.82) is 5.41 Å². The highest BCUT2D eigenvalue weighted by Gasteiger charge is 2.17. The van der Waals surface area contributed by atoms with Gasteiger partial charge in [0.25, 0.3) is 0 Å². The predicted octanol–water partition coefficient (Wildman–Crippen LogP) is 4.48. The topological polar surface area (TPSA) is 203 Å². The normalized spacial score (nSPS) is 12.5. The number of carbonyl (C=O) groups is 1. The van der Waals surface area contributed by atoms with Crippen molar-refractivity contribution in [3.8, 4) is 5.75 Å². The first-order valence-corrected chi connectivity index (χ1v) is 11.4. The van der Waals surface area contributed by atoms with Crippen molar-refractivity contribution in [1.82, 2.24) is 0 Å². The predicted molar refractivity (Wildman–Crippen MR) is 155 cm³/mol. The van der Waals surface area contributed by atoms with Gasteiger partial charge in [-0.05, 0) is 76.7 Å². The van der Waals surface area contributed by atoms with Crippen LogP contribution in [-0.4, -0.2) is 32.9 Å². The number of carboxylic acids is 1. The van der Waals surface area contributed by atoms with Crippen LogP contribution in [0, 0.1) is 15.5 Å². The maximum atomic E-state index is 10.5. The van der Waals surface area contributed by atoms with Crippen LogP contribution in [-0.2, 0) is 11.2 Å². The van der Waals surface area contributed by atoms with Crippen molar-refractivity contribution < 1.29 is 19.9 Å². The zero-order chi connectivity index (χ0) is 27.8. The molecule has 9 N–H and O–H groups in total. The lowest BCUT2D eigenvalue weighted by Gasteiger charge is -2.14. The second-order valence-corrected chi connectivity index (χ2v) is 8.43. The number of nitro groups is 1. The largest absolute Gasteiger partial charge is 0.502 e. The van der Waals surface area contributed by atoms with E-state index in [1.165, 1.54) is 6.07 Å². The standard InChI is InChI=1S/C19H17N3.C9H10N2O5.ClH/c20-16-7-1-13(2-8-16)19(14-3-9-17(21)10-4-14)15-5-11-18(22)12-6-15;10-6(9(13)14)3-5-1-2-8(12)7(4-5)11(15)16;/h1-12,20H,21-22H2;1-2,4,6,12H,3,10H2,(H,13,14);1H/t;6-;/m.0./s1. The van der Waals surface area contributed by atoms with Gasteiger partial charge in [0.15, 0.2) is 5.75 Å². The lowest BCUT2D eigenvalue weighted by molar-refractivity contribution is -0.385. The Balaban J connectivity index is 0.000000281. The Morgan fingerprint density at radius 1 is 0.897 bits per heavy atom. The molecule has 39 heavy (non-hydrogen) atoms. The van der Waals surface area contributed by atoms with E-state index in [0.29, 0.717) is 11.3 Å². The summed E-state index contributed by atoms with van der Waals surface area (Å²) in [5, 5.41) is 35.9. The smallest absolute Gasteiger partial charge is 0.320 e. The van der Waals surface area contributed by atoms with Gasteiger partial charge in [0.1, 0.15) is 6.04 Å². The number of nitrogens with two attached hydrogens (primary N) is 3. The second-order valence-electron chi connectivity index (χ2n) is 8.43. The van der Waals surface area contributed by atoms with Gasteiger partial charge in [0.05, 0.1) is 10.6 Å². The van der Waals surface area contributed by atoms with E-state index in [-0.39, 0.29) is 18.8 Å². The number of phenolic OH excluding ortho intramolecular Hbond substituents is 1. The van der Waals surface area contributed by atoms with Crippen LogP contribution >= 0.6 is 12.4 Å². The van der Waals surface area contributed by atoms with E-state index in [0.717, 1.165) is 45.8 Å². The number of hydrogen-bond donors (Lipinski definition) is 6. The SMILES string of the molecule is Cl.N=C1C=CC(=C(c2ccc(N)cc2)c2ccc(N)cc2)C=C1.N[C@@H](Cc1ccc(O)c([N+](=O)[O-])c1)C(=O)O. The summed E-state index contributed by atoms with van der Waals surface area (Å²) < 4.78 is 0. The Labute approximate surface area is 230 Å². The average molecular weight is 550 g/mol. The van der Waals surface area contributed by atoms with Crippen molar-refractivity contribution in [3.63, 3.8) is 0 Å². The van der Waals surface area contributed by atoms with Crippen LogP contribution in [0.1, 0.15) is 16.7 Å². The van der Waals surface area contributed by atoms with Crippen LogP contribution in [0.4, 0.5) is 17.1 Å². The molecule has 0 heterocycles. The van der Waals surface area contributed by atoms with E-state index >= 15 is 0 Å². The van der Waals surface area contributed by atoms with Crippen molar-refractivity contribution in [2.24, 2.45) is 5.73 Å². The van der Waals surface area contributed by atoms with Gasteiger partial charge < -0.3 is 32.8 Å². The van der Waals surface area contributed by atoms with E-state index in [1.807, 2.05) is 60.7 Å². The van der Waals surface area contributed by atoms with Crippen molar-refractivity contribution in [2.45, 2.75) is 12.5 Å². The molecule has 0 unspecified atom stereocenters. The molecule has 10 nitrogen and oxygen atoms in total. The van der Waals surface area contributed by atoms with E-state index in [9.17, 15) is 14.9 Å². The molecule has 1 aliphatic rings. The molecule has 0 bridgehead atoms. The molecule has 0 saturated carbocycles. The van der Waals surface area contributed by atoms with Crippen LogP contribution < -0.4 is 17.2 Å². The zero-order valence-corrected chi connectivity index (χ0v) is 21.5. The van der Waals surface area contributed by atoms with Crippen molar-refractivity contribution in [3.05, 3.63) is 123 Å². The number of nitrogens with zero attached hydrogens (tertiary/aromatic N) is 1. The number of aromatic hydroxyl groups is 1. The first kappa shape index (κ1) is 30.3. The number of carboxylic acid groups (broad SMARTS) is 1. The van der Waals surface area contributed by atoms with Gasteiger partial charge in [-0.3, -0.25) is 14.9 Å². The summed E-state index contributed by atoms with van der Waals surface area (Å²) in [6.45, 7) is 0. The fourth-order valence-corrected chi connectivity index (χ4v) is 3.62. The molecule has 0 spiro atoms. The lowest BCUT2D eigenvalue weighted by Crippen LogP contribution is -2.32. The van der Waals surface area contributed by atoms with E-state index < -0.39 is 28.4 Å². The highest BCUT2D eigenvalue weighted by molar-refractivity contribution is 6.05. The summed E-state index contributed by atoms with van der Waals surface area (Å²) in [4.78, 5) is 20.2. The molecule has 3 aromatic carbocycles. The molecule has 1 atom stereocenters. The summed E-state index contributed by atoms with van der Waals surface area (Å²) in [6.07, 6.45) is 7.49. The monoisotopic (exact) mass is 549 g/mol. The van der Waals surface area contributed by atoms with Gasteiger partial charge in [-0.15, -0.1) is 12.4 Å². The third-order valence-electron chi connectivity index (χ3n) is 5.58. The molecule has 0 fully saturated rings. The Morgan fingerprint density at radius 3 is 1.82 bits per heavy atom. The van der Waals surface area contributed by atoms with Gasteiger partial charge >= 0.3 is 11.7 Å². The van der Waals surface area contributed by atoms with E-state index in [4.69, 9.17) is 32.8 Å². The summed E-state index contributed by atoms with van der Waals surface area (Å²) in [7, 11) is 0. The first-order chi connectivity index (χ1) is 18.0. The van der Waals surface area contributed by atoms with Gasteiger partial charge in [0, 0.05) is 17.4 Å². The molecule has 0 saturated heterocycles. The summed E-state index contributed by atoms with van der Waals surface area (Å²) in [5.74, 6) is -1.65. The summed E-state index contributed by atoms with van der Waals surface area (Å²) in [5.41, 5.74) is 23.1. The van der Waals surface area contributed by atoms with Gasteiger partial charge in [-0.2, -0.15) is 0 Å². The lowest BCUT2D eigenvalue weighted by atomic mass is 9.90. The molecule has 11 heteroatoms. The number of benzene rings is 3. The number of nitrogen functional groups attached to an aromatic ring is 2. The molecule has 0 aliphatic heterocycles. The quantitative estimate of drug-likeness (QED) is 0.146. The molecular formula is C28H28ClN5O5. The number of nitrogens with one attached hydrogen (secondary N) is 1. The molecule has 1 aliphatic carbocycles. The van der Waals surface area contributed by atoms with Crippen LogP contribution in [0.2, 0.25) is 0 Å². The van der Waals surface area contributed by atoms with Crippen LogP contribution in [0.3, 0.4) is 0 Å². The van der Waals surface area contributed by atoms with Crippen LogP contribution in [0.5, 0.6) is 5.75 Å².